The van der Waals surface area contributed by atoms with Crippen molar-refractivity contribution in [3.63, 3.8) is 0 Å². The minimum absolute atomic E-state index is 0.159. The van der Waals surface area contributed by atoms with Crippen molar-refractivity contribution in [2.24, 2.45) is 5.92 Å². The lowest BCUT2D eigenvalue weighted by atomic mass is 10.00. The summed E-state index contributed by atoms with van der Waals surface area (Å²) in [5, 5.41) is 20.2. The minimum atomic E-state index is -0.667. The highest BCUT2D eigenvalue weighted by Crippen LogP contribution is 2.20. The maximum Gasteiger partial charge on any atom is 0.274 e. The van der Waals surface area contributed by atoms with Crippen molar-refractivity contribution in [1.82, 2.24) is 14.7 Å². The Hall–Kier alpha value is -2.70. The van der Waals surface area contributed by atoms with Gasteiger partial charge in [-0.05, 0) is 36.0 Å². The van der Waals surface area contributed by atoms with Crippen molar-refractivity contribution in [3.05, 3.63) is 70.0 Å². The second kappa shape index (κ2) is 9.62. The van der Waals surface area contributed by atoms with Crippen molar-refractivity contribution in [2.75, 3.05) is 25.0 Å². The lowest BCUT2D eigenvalue weighted by Crippen LogP contribution is -2.40. The average Bonchev–Trinajstić information content (AvgIpc) is 2.76. The Morgan fingerprint density at radius 2 is 1.74 bits per heavy atom. The predicted octanol–water partition coefficient (Wildman–Crippen LogP) is 3.27. The van der Waals surface area contributed by atoms with E-state index in [9.17, 15) is 9.90 Å². The van der Waals surface area contributed by atoms with Crippen LogP contribution in [0.5, 0.6) is 0 Å². The van der Waals surface area contributed by atoms with E-state index < -0.39 is 6.10 Å². The third kappa shape index (κ3) is 5.14. The molecule has 1 aliphatic heterocycles. The predicted molar refractivity (Wildman–Crippen MR) is 125 cm³/mol. The molecule has 0 unspecified atom stereocenters. The van der Waals surface area contributed by atoms with Gasteiger partial charge < -0.3 is 10.4 Å². The van der Waals surface area contributed by atoms with Crippen LogP contribution in [0.1, 0.15) is 31.4 Å². The lowest BCUT2D eigenvalue weighted by Gasteiger charge is -2.30. The van der Waals surface area contributed by atoms with Crippen LogP contribution in [0.3, 0.4) is 0 Å². The number of aliphatic hydroxyl groups is 1. The molecule has 0 spiro atoms. The Morgan fingerprint density at radius 1 is 1.03 bits per heavy atom. The number of hydrogen-bond acceptors (Lipinski definition) is 5. The van der Waals surface area contributed by atoms with Crippen LogP contribution in [0.25, 0.3) is 10.8 Å². The van der Waals surface area contributed by atoms with E-state index in [1.807, 2.05) is 24.3 Å². The Labute approximate surface area is 183 Å². The molecule has 1 aromatic heterocycles. The summed E-state index contributed by atoms with van der Waals surface area (Å²) >= 11 is 0. The van der Waals surface area contributed by atoms with Crippen molar-refractivity contribution in [3.8, 4) is 0 Å². The number of fused-ring (bicyclic) bond motifs is 2. The van der Waals surface area contributed by atoms with Crippen LogP contribution in [0.4, 0.5) is 5.82 Å². The van der Waals surface area contributed by atoms with E-state index in [2.05, 4.69) is 53.4 Å². The summed E-state index contributed by atoms with van der Waals surface area (Å²) in [6, 6.07) is 16.0. The lowest BCUT2D eigenvalue weighted by molar-refractivity contribution is 0.0879. The highest BCUT2D eigenvalue weighted by Gasteiger charge is 2.20. The molecule has 31 heavy (non-hydrogen) atoms. The fourth-order valence-corrected chi connectivity index (χ4v) is 4.23. The minimum Gasteiger partial charge on any atom is -0.390 e. The summed E-state index contributed by atoms with van der Waals surface area (Å²) in [6.07, 6.45) is 1.34. The number of β-amino-alcohol motifs (C(OH)–C–C–N with tert-alkyl or cyclic N) is 1. The second-order valence-corrected chi connectivity index (χ2v) is 8.90. The summed E-state index contributed by atoms with van der Waals surface area (Å²) in [5.41, 5.74) is 2.55. The Balaban J connectivity index is 1.49. The Kier molecular flexibility index (Phi) is 6.68. The van der Waals surface area contributed by atoms with Gasteiger partial charge in [-0.1, -0.05) is 56.3 Å². The van der Waals surface area contributed by atoms with Gasteiger partial charge in [-0.3, -0.25) is 9.69 Å². The highest BCUT2D eigenvalue weighted by atomic mass is 16.3. The van der Waals surface area contributed by atoms with Crippen LogP contribution in [-0.2, 0) is 19.5 Å². The van der Waals surface area contributed by atoms with Gasteiger partial charge in [-0.15, -0.1) is 0 Å². The molecule has 0 bridgehead atoms. The van der Waals surface area contributed by atoms with E-state index in [0.717, 1.165) is 37.9 Å². The van der Waals surface area contributed by atoms with Crippen LogP contribution in [0.15, 0.2) is 53.3 Å². The highest BCUT2D eigenvalue weighted by molar-refractivity contribution is 5.90. The van der Waals surface area contributed by atoms with Gasteiger partial charge in [0.25, 0.3) is 5.56 Å². The SMILES string of the molecule is CC(C)CCNc1nn(C[C@H](O)CN2CCc3ccccc3C2)c(=O)c2ccccc12. The molecule has 0 radical (unpaired) electrons. The van der Waals surface area contributed by atoms with Crippen molar-refractivity contribution in [1.29, 1.82) is 0 Å². The number of anilines is 1. The number of hydrogen-bond donors (Lipinski definition) is 2. The second-order valence-electron chi connectivity index (χ2n) is 8.90. The molecule has 4 rings (SSSR count). The first-order valence-electron chi connectivity index (χ1n) is 11.2. The molecule has 6 nitrogen and oxygen atoms in total. The van der Waals surface area contributed by atoms with Crippen molar-refractivity contribution in [2.45, 2.75) is 45.9 Å². The third-order valence-electron chi connectivity index (χ3n) is 5.94. The van der Waals surface area contributed by atoms with E-state index >= 15 is 0 Å². The van der Waals surface area contributed by atoms with Gasteiger partial charge in [0.1, 0.15) is 0 Å². The topological polar surface area (TPSA) is 70.4 Å². The van der Waals surface area contributed by atoms with Gasteiger partial charge in [0, 0.05) is 31.6 Å². The van der Waals surface area contributed by atoms with Crippen molar-refractivity contribution < 1.29 is 5.11 Å². The van der Waals surface area contributed by atoms with E-state index in [4.69, 9.17) is 0 Å². The fourth-order valence-electron chi connectivity index (χ4n) is 4.23. The summed E-state index contributed by atoms with van der Waals surface area (Å²) in [4.78, 5) is 15.3. The maximum absolute atomic E-state index is 13.0. The number of aromatic nitrogens is 2. The summed E-state index contributed by atoms with van der Waals surface area (Å²) < 4.78 is 1.42. The molecule has 1 aliphatic rings. The molecule has 0 aliphatic carbocycles. The molecule has 6 heteroatoms. The molecule has 0 amide bonds. The normalized spacial score (nSPS) is 15.2. The molecule has 0 fully saturated rings. The summed E-state index contributed by atoms with van der Waals surface area (Å²) in [7, 11) is 0. The van der Waals surface area contributed by atoms with E-state index in [-0.39, 0.29) is 12.1 Å². The van der Waals surface area contributed by atoms with Gasteiger partial charge in [0.15, 0.2) is 5.82 Å². The molecule has 2 aromatic carbocycles. The first-order valence-corrected chi connectivity index (χ1v) is 11.2. The molecule has 2 heterocycles. The Bertz CT molecular complexity index is 1090. The van der Waals surface area contributed by atoms with Gasteiger partial charge in [0.05, 0.1) is 18.0 Å². The van der Waals surface area contributed by atoms with Gasteiger partial charge >= 0.3 is 0 Å². The van der Waals surface area contributed by atoms with Gasteiger partial charge in [0.2, 0.25) is 0 Å². The average molecular weight is 421 g/mol. The standard InChI is InChI=1S/C25H32N4O2/c1-18(2)11-13-26-24-22-9-5-6-10-23(22)25(31)29(27-24)17-21(30)16-28-14-12-19-7-3-4-8-20(19)15-28/h3-10,18,21,30H,11-17H2,1-2H3,(H,26,27)/t21-/m1/s1. The fraction of sp³-hybridized carbons (Fsp3) is 0.440. The quantitative estimate of drug-likeness (QED) is 0.585. The van der Waals surface area contributed by atoms with E-state index in [1.54, 1.807) is 0 Å². The first kappa shape index (κ1) is 21.5. The molecule has 0 saturated carbocycles. The Morgan fingerprint density at radius 3 is 2.52 bits per heavy atom. The molecule has 2 N–H and O–H groups in total. The number of aliphatic hydroxyl groups excluding tert-OH is 1. The van der Waals surface area contributed by atoms with Crippen LogP contribution in [-0.4, -0.2) is 45.5 Å². The summed E-state index contributed by atoms with van der Waals surface area (Å²) in [6.45, 7) is 7.60. The van der Waals surface area contributed by atoms with E-state index in [0.29, 0.717) is 23.7 Å². The first-order chi connectivity index (χ1) is 15.0. The van der Waals surface area contributed by atoms with Gasteiger partial charge in [-0.2, -0.15) is 5.10 Å². The molecule has 0 saturated heterocycles. The van der Waals surface area contributed by atoms with Crippen LogP contribution in [0, 0.1) is 5.92 Å². The molecule has 3 aromatic rings. The van der Waals surface area contributed by atoms with Gasteiger partial charge in [-0.25, -0.2) is 4.68 Å². The number of nitrogens with zero attached hydrogens (tertiary/aromatic N) is 3. The monoisotopic (exact) mass is 420 g/mol. The van der Waals surface area contributed by atoms with Crippen LogP contribution in [0.2, 0.25) is 0 Å². The molecule has 1 atom stereocenters. The molecular weight excluding hydrogens is 388 g/mol. The zero-order valence-electron chi connectivity index (χ0n) is 18.4. The van der Waals surface area contributed by atoms with Crippen LogP contribution < -0.4 is 10.9 Å². The van der Waals surface area contributed by atoms with Crippen LogP contribution >= 0.6 is 0 Å². The number of nitrogens with one attached hydrogen (secondary N) is 1. The number of rotatable bonds is 8. The smallest absolute Gasteiger partial charge is 0.274 e. The third-order valence-corrected chi connectivity index (χ3v) is 5.94. The number of benzene rings is 2. The summed E-state index contributed by atoms with van der Waals surface area (Å²) in [5.74, 6) is 1.29. The molecular formula is C25H32N4O2. The largest absolute Gasteiger partial charge is 0.390 e. The molecule has 164 valence electrons. The zero-order valence-corrected chi connectivity index (χ0v) is 18.4. The maximum atomic E-state index is 13.0. The van der Waals surface area contributed by atoms with Crippen molar-refractivity contribution >= 4 is 16.6 Å². The zero-order chi connectivity index (χ0) is 21.8. The van der Waals surface area contributed by atoms with E-state index in [1.165, 1.54) is 15.8 Å².